The Labute approximate surface area is 127 Å². The number of amides is 1. The molecule has 1 atom stereocenters. The number of anilines is 1. The lowest BCUT2D eigenvalue weighted by atomic mass is 10.1. The van der Waals surface area contributed by atoms with Crippen molar-refractivity contribution in [2.24, 2.45) is 0 Å². The molecule has 0 bridgehead atoms. The molecule has 0 saturated heterocycles. The first-order chi connectivity index (χ1) is 9.27. The average molecular weight is 319 g/mol. The van der Waals surface area contributed by atoms with Crippen LogP contribution in [0.5, 0.6) is 0 Å². The Hall–Kier alpha value is -1.46. The number of nitrogens with two attached hydrogens (primary N) is 1. The number of benzene rings is 1. The summed E-state index contributed by atoms with van der Waals surface area (Å²) >= 11 is 11.8. The molecule has 110 valence electrons. The maximum absolute atomic E-state index is 12.4. The summed E-state index contributed by atoms with van der Waals surface area (Å²) in [6.07, 6.45) is 0.634. The summed E-state index contributed by atoms with van der Waals surface area (Å²) in [6, 6.07) is 2.57. The highest BCUT2D eigenvalue weighted by Crippen LogP contribution is 2.29. The van der Waals surface area contributed by atoms with Gasteiger partial charge in [0.15, 0.2) is 0 Å². The fourth-order valence-corrected chi connectivity index (χ4v) is 2.15. The molecule has 3 N–H and O–H groups in total. The molecule has 0 aliphatic carbocycles. The van der Waals surface area contributed by atoms with Crippen LogP contribution < -0.4 is 5.73 Å². The van der Waals surface area contributed by atoms with Gasteiger partial charge >= 0.3 is 5.97 Å². The van der Waals surface area contributed by atoms with Gasteiger partial charge < -0.3 is 15.7 Å². The first kappa shape index (κ1) is 16.6. The van der Waals surface area contributed by atoms with E-state index in [2.05, 4.69) is 0 Å². The van der Waals surface area contributed by atoms with Crippen LogP contribution in [0.3, 0.4) is 0 Å². The van der Waals surface area contributed by atoms with Gasteiger partial charge in [-0.2, -0.15) is 0 Å². The van der Waals surface area contributed by atoms with Crippen LogP contribution >= 0.6 is 23.2 Å². The minimum Gasteiger partial charge on any atom is -0.480 e. The maximum atomic E-state index is 12.4. The van der Waals surface area contributed by atoms with Crippen LogP contribution in [-0.4, -0.2) is 34.5 Å². The van der Waals surface area contributed by atoms with E-state index in [0.29, 0.717) is 6.42 Å². The van der Waals surface area contributed by atoms with Gasteiger partial charge in [0, 0.05) is 11.6 Å². The molecule has 0 aromatic heterocycles. The molecule has 1 rings (SSSR count). The third-order valence-corrected chi connectivity index (χ3v) is 3.64. The van der Waals surface area contributed by atoms with Gasteiger partial charge in [-0.1, -0.05) is 30.1 Å². The van der Waals surface area contributed by atoms with Gasteiger partial charge in [-0.3, -0.25) is 9.59 Å². The summed E-state index contributed by atoms with van der Waals surface area (Å²) < 4.78 is 0. The third kappa shape index (κ3) is 3.77. The minimum atomic E-state index is -1.08. The molecule has 1 aromatic rings. The maximum Gasteiger partial charge on any atom is 0.323 e. The number of carboxylic acid groups (broad SMARTS) is 1. The number of halogens is 2. The van der Waals surface area contributed by atoms with E-state index in [-0.39, 0.29) is 33.9 Å². The van der Waals surface area contributed by atoms with Gasteiger partial charge in [-0.25, -0.2) is 0 Å². The number of nitrogen functional groups attached to an aromatic ring is 1. The van der Waals surface area contributed by atoms with Crippen LogP contribution in [0, 0.1) is 0 Å². The Bertz CT molecular complexity index is 511. The van der Waals surface area contributed by atoms with Gasteiger partial charge in [0.25, 0.3) is 5.91 Å². The second kappa shape index (κ2) is 6.81. The lowest BCUT2D eigenvalue weighted by Crippen LogP contribution is -2.41. The Morgan fingerprint density at radius 1 is 1.35 bits per heavy atom. The van der Waals surface area contributed by atoms with Gasteiger partial charge in [-0.05, 0) is 25.5 Å². The lowest BCUT2D eigenvalue weighted by Gasteiger charge is -2.27. The summed E-state index contributed by atoms with van der Waals surface area (Å²) in [5.74, 6) is -1.52. The molecule has 0 aliphatic heterocycles. The van der Waals surface area contributed by atoms with E-state index in [0.717, 1.165) is 0 Å². The Balaban J connectivity index is 3.15. The predicted octanol–water partition coefficient (Wildman–Crippen LogP) is 2.90. The Kier molecular flexibility index (Phi) is 5.65. The second-order valence-electron chi connectivity index (χ2n) is 4.44. The van der Waals surface area contributed by atoms with Gasteiger partial charge in [0.1, 0.15) is 6.54 Å². The molecule has 0 saturated carbocycles. The molecule has 1 unspecified atom stereocenters. The van der Waals surface area contributed by atoms with Crippen LogP contribution in [0.15, 0.2) is 12.1 Å². The smallest absolute Gasteiger partial charge is 0.323 e. The van der Waals surface area contributed by atoms with Crippen molar-refractivity contribution in [2.45, 2.75) is 26.3 Å². The molecular formula is C13H16Cl2N2O3. The largest absolute Gasteiger partial charge is 0.480 e. The van der Waals surface area contributed by atoms with Crippen LogP contribution in [0.4, 0.5) is 5.69 Å². The van der Waals surface area contributed by atoms with E-state index in [1.165, 1.54) is 17.0 Å². The zero-order valence-corrected chi connectivity index (χ0v) is 12.7. The highest BCUT2D eigenvalue weighted by atomic mass is 35.5. The highest BCUT2D eigenvalue weighted by molar-refractivity contribution is 6.39. The summed E-state index contributed by atoms with van der Waals surface area (Å²) in [6.45, 7) is 3.27. The van der Waals surface area contributed by atoms with E-state index >= 15 is 0 Å². The number of hydrogen-bond donors (Lipinski definition) is 2. The van der Waals surface area contributed by atoms with E-state index in [4.69, 9.17) is 34.0 Å². The number of hydrogen-bond acceptors (Lipinski definition) is 3. The number of carbonyl (C=O) groups excluding carboxylic acids is 1. The molecule has 0 spiro atoms. The molecule has 1 aromatic carbocycles. The topological polar surface area (TPSA) is 83.6 Å². The highest BCUT2D eigenvalue weighted by Gasteiger charge is 2.24. The number of nitrogens with zero attached hydrogens (tertiary/aromatic N) is 1. The molecule has 0 aliphatic rings. The zero-order valence-electron chi connectivity index (χ0n) is 11.2. The average Bonchev–Trinajstić information content (AvgIpc) is 2.39. The molecule has 0 fully saturated rings. The lowest BCUT2D eigenvalue weighted by molar-refractivity contribution is -0.138. The monoisotopic (exact) mass is 318 g/mol. The fourth-order valence-electron chi connectivity index (χ4n) is 1.67. The van der Waals surface area contributed by atoms with Gasteiger partial charge in [-0.15, -0.1) is 0 Å². The molecule has 0 radical (unpaired) electrons. The van der Waals surface area contributed by atoms with Crippen molar-refractivity contribution >= 4 is 40.8 Å². The normalized spacial score (nSPS) is 12.0. The van der Waals surface area contributed by atoms with Crippen LogP contribution in [0.25, 0.3) is 0 Å². The van der Waals surface area contributed by atoms with Gasteiger partial charge in [0.05, 0.1) is 15.7 Å². The predicted molar refractivity (Wildman–Crippen MR) is 79.3 cm³/mol. The first-order valence-electron chi connectivity index (χ1n) is 6.05. The third-order valence-electron chi connectivity index (χ3n) is 3.02. The summed E-state index contributed by atoms with van der Waals surface area (Å²) in [5.41, 5.74) is 6.02. The van der Waals surface area contributed by atoms with Crippen molar-refractivity contribution in [1.29, 1.82) is 0 Å². The summed E-state index contributed by atoms with van der Waals surface area (Å²) in [5, 5.41) is 9.25. The molecule has 5 nitrogen and oxygen atoms in total. The fraction of sp³-hybridized carbons (Fsp3) is 0.385. The Morgan fingerprint density at radius 2 is 1.85 bits per heavy atom. The van der Waals surface area contributed by atoms with Crippen LogP contribution in [0.2, 0.25) is 10.0 Å². The van der Waals surface area contributed by atoms with Crippen molar-refractivity contribution < 1.29 is 14.7 Å². The standard InChI is InChI=1S/C13H16Cl2N2O3/c1-3-7(2)17(6-11(18)19)13(20)8-4-9(14)12(16)10(15)5-8/h4-5,7H,3,6,16H2,1-2H3,(H,18,19). The molecule has 0 heterocycles. The molecule has 1 amide bonds. The van der Waals surface area contributed by atoms with Crippen molar-refractivity contribution in [2.75, 3.05) is 12.3 Å². The molecule has 7 heteroatoms. The summed E-state index contributed by atoms with van der Waals surface area (Å²) in [4.78, 5) is 24.6. The van der Waals surface area contributed by atoms with Crippen molar-refractivity contribution in [1.82, 2.24) is 4.90 Å². The number of carboxylic acids is 1. The Morgan fingerprint density at radius 3 is 2.25 bits per heavy atom. The van der Waals surface area contributed by atoms with Crippen molar-refractivity contribution in [3.05, 3.63) is 27.7 Å². The molecular weight excluding hydrogens is 303 g/mol. The summed E-state index contributed by atoms with van der Waals surface area (Å²) in [7, 11) is 0. The van der Waals surface area contributed by atoms with Crippen molar-refractivity contribution in [3.8, 4) is 0 Å². The second-order valence-corrected chi connectivity index (χ2v) is 5.25. The quantitative estimate of drug-likeness (QED) is 0.817. The van der Waals surface area contributed by atoms with E-state index in [1.54, 1.807) is 6.92 Å². The van der Waals surface area contributed by atoms with Crippen LogP contribution in [-0.2, 0) is 4.79 Å². The zero-order chi connectivity index (χ0) is 15.4. The van der Waals surface area contributed by atoms with Crippen LogP contribution in [0.1, 0.15) is 30.6 Å². The first-order valence-corrected chi connectivity index (χ1v) is 6.80. The van der Waals surface area contributed by atoms with E-state index in [9.17, 15) is 9.59 Å². The SMILES string of the molecule is CCC(C)N(CC(=O)O)C(=O)c1cc(Cl)c(N)c(Cl)c1. The minimum absolute atomic E-state index is 0.167. The van der Waals surface area contributed by atoms with E-state index < -0.39 is 11.9 Å². The van der Waals surface area contributed by atoms with Gasteiger partial charge in [0.2, 0.25) is 0 Å². The number of aliphatic carboxylic acids is 1. The van der Waals surface area contributed by atoms with E-state index in [1.807, 2.05) is 6.92 Å². The molecule has 20 heavy (non-hydrogen) atoms. The number of rotatable bonds is 5. The number of carbonyl (C=O) groups is 2. The van der Waals surface area contributed by atoms with Crippen molar-refractivity contribution in [3.63, 3.8) is 0 Å².